The normalized spacial score (nSPS) is 9.45. The minimum absolute atomic E-state index is 0. The molecule has 0 fully saturated rings. The monoisotopic (exact) mass is 152 g/mol. The molecule has 1 aromatic heterocycles. The molecule has 1 aromatic carbocycles. The van der Waals surface area contributed by atoms with Crippen LogP contribution in [0, 0.1) is 0 Å². The SMILES string of the molecule is O.On1ncc2ccccc21. The lowest BCUT2D eigenvalue weighted by Gasteiger charge is -1.88. The van der Waals surface area contributed by atoms with Gasteiger partial charge < -0.3 is 10.7 Å². The Morgan fingerprint density at radius 1 is 1.27 bits per heavy atom. The van der Waals surface area contributed by atoms with Crippen molar-refractivity contribution in [2.24, 2.45) is 0 Å². The lowest BCUT2D eigenvalue weighted by Crippen LogP contribution is -1.89. The molecular formula is C7H8N2O2. The molecule has 0 aliphatic heterocycles. The molecule has 4 nitrogen and oxygen atoms in total. The molecule has 0 aliphatic carbocycles. The predicted octanol–water partition coefficient (Wildman–Crippen LogP) is 0.449. The number of benzene rings is 1. The van der Waals surface area contributed by atoms with Crippen LogP contribution in [0.2, 0.25) is 0 Å². The van der Waals surface area contributed by atoms with E-state index in [0.717, 1.165) is 15.7 Å². The molecule has 11 heavy (non-hydrogen) atoms. The average Bonchev–Trinajstić information content (AvgIpc) is 2.34. The molecule has 0 saturated heterocycles. The molecule has 0 atom stereocenters. The lowest BCUT2D eigenvalue weighted by molar-refractivity contribution is 0.161. The zero-order valence-corrected chi connectivity index (χ0v) is 5.73. The van der Waals surface area contributed by atoms with Gasteiger partial charge in [-0.1, -0.05) is 18.2 Å². The quantitative estimate of drug-likeness (QED) is 0.557. The maximum atomic E-state index is 9.02. The number of aromatic nitrogens is 2. The highest BCUT2D eigenvalue weighted by atomic mass is 16.5. The molecule has 0 bridgehead atoms. The number of nitrogens with zero attached hydrogens (tertiary/aromatic N) is 2. The summed E-state index contributed by atoms with van der Waals surface area (Å²) in [5.41, 5.74) is 0.738. The standard InChI is InChI=1S/C7H6N2O.H2O/c10-9-7-4-2-1-3-6(7)5-8-9;/h1-5,10H;1H2. The van der Waals surface area contributed by atoms with E-state index < -0.39 is 0 Å². The van der Waals surface area contributed by atoms with Gasteiger partial charge in [0, 0.05) is 5.39 Å². The summed E-state index contributed by atoms with van der Waals surface area (Å²) in [6.07, 6.45) is 1.62. The third-order valence-electron chi connectivity index (χ3n) is 1.46. The Labute approximate surface area is 62.9 Å². The molecule has 0 aliphatic rings. The second-order valence-corrected chi connectivity index (χ2v) is 2.09. The van der Waals surface area contributed by atoms with Crippen LogP contribution in [0.4, 0.5) is 0 Å². The van der Waals surface area contributed by atoms with Crippen LogP contribution in [0.25, 0.3) is 10.9 Å². The molecule has 2 rings (SSSR count). The molecule has 58 valence electrons. The Kier molecular flexibility index (Phi) is 1.78. The Hall–Kier alpha value is -1.55. The lowest BCUT2D eigenvalue weighted by atomic mass is 10.3. The van der Waals surface area contributed by atoms with E-state index in [1.807, 2.05) is 24.3 Å². The van der Waals surface area contributed by atoms with Gasteiger partial charge in [0.05, 0.1) is 6.20 Å². The van der Waals surface area contributed by atoms with Gasteiger partial charge in [0.15, 0.2) is 0 Å². The number of para-hydroxylation sites is 1. The largest absolute Gasteiger partial charge is 0.412 e. The van der Waals surface area contributed by atoms with Crippen LogP contribution in [0.15, 0.2) is 30.5 Å². The van der Waals surface area contributed by atoms with E-state index in [0.29, 0.717) is 0 Å². The first kappa shape index (κ1) is 7.56. The maximum absolute atomic E-state index is 9.02. The summed E-state index contributed by atoms with van der Waals surface area (Å²) in [4.78, 5) is 0.870. The van der Waals surface area contributed by atoms with Crippen molar-refractivity contribution in [2.45, 2.75) is 0 Å². The first-order valence-electron chi connectivity index (χ1n) is 3.00. The highest BCUT2D eigenvalue weighted by molar-refractivity contribution is 5.77. The first-order valence-corrected chi connectivity index (χ1v) is 3.00. The molecule has 2 aromatic rings. The number of hydrogen-bond acceptors (Lipinski definition) is 2. The summed E-state index contributed by atoms with van der Waals surface area (Å²) in [6, 6.07) is 7.47. The van der Waals surface area contributed by atoms with Crippen molar-refractivity contribution in [1.29, 1.82) is 0 Å². The van der Waals surface area contributed by atoms with Crippen LogP contribution in [0.5, 0.6) is 0 Å². The molecule has 4 heteroatoms. The summed E-state index contributed by atoms with van der Waals surface area (Å²) in [7, 11) is 0. The van der Waals surface area contributed by atoms with Gasteiger partial charge in [-0.2, -0.15) is 0 Å². The van der Waals surface area contributed by atoms with Gasteiger partial charge in [-0.15, -0.1) is 9.94 Å². The van der Waals surface area contributed by atoms with Crippen molar-refractivity contribution in [2.75, 3.05) is 0 Å². The molecule has 0 amide bonds. The number of fused-ring (bicyclic) bond motifs is 1. The van der Waals surface area contributed by atoms with Crippen molar-refractivity contribution in [3.05, 3.63) is 30.5 Å². The van der Waals surface area contributed by atoms with Crippen LogP contribution in [0.3, 0.4) is 0 Å². The topological polar surface area (TPSA) is 69.6 Å². The van der Waals surface area contributed by atoms with Crippen LogP contribution in [0.1, 0.15) is 0 Å². The molecule has 1 heterocycles. The minimum atomic E-state index is 0. The Morgan fingerprint density at radius 2 is 2.00 bits per heavy atom. The molecule has 0 spiro atoms. The van der Waals surface area contributed by atoms with Gasteiger partial charge in [0.2, 0.25) is 0 Å². The van der Waals surface area contributed by atoms with Gasteiger partial charge in [-0.3, -0.25) is 0 Å². The van der Waals surface area contributed by atoms with Crippen molar-refractivity contribution < 1.29 is 10.7 Å². The van der Waals surface area contributed by atoms with Crippen molar-refractivity contribution in [3.63, 3.8) is 0 Å². The average molecular weight is 152 g/mol. The highest BCUT2D eigenvalue weighted by Gasteiger charge is 1.96. The second-order valence-electron chi connectivity index (χ2n) is 2.09. The summed E-state index contributed by atoms with van der Waals surface area (Å²) >= 11 is 0. The smallest absolute Gasteiger partial charge is 0.110 e. The van der Waals surface area contributed by atoms with E-state index in [-0.39, 0.29) is 5.48 Å². The van der Waals surface area contributed by atoms with E-state index in [1.54, 1.807) is 6.20 Å². The van der Waals surface area contributed by atoms with E-state index >= 15 is 0 Å². The van der Waals surface area contributed by atoms with Crippen LogP contribution >= 0.6 is 0 Å². The predicted molar refractivity (Wildman–Crippen MR) is 40.5 cm³/mol. The Morgan fingerprint density at radius 3 is 2.73 bits per heavy atom. The molecular weight excluding hydrogens is 144 g/mol. The highest BCUT2D eigenvalue weighted by Crippen LogP contribution is 2.09. The van der Waals surface area contributed by atoms with E-state index in [2.05, 4.69) is 5.10 Å². The molecule has 0 radical (unpaired) electrons. The molecule has 3 N–H and O–H groups in total. The maximum Gasteiger partial charge on any atom is 0.110 e. The summed E-state index contributed by atoms with van der Waals surface area (Å²) in [5.74, 6) is 0. The Balaban J connectivity index is 0.000000605. The van der Waals surface area contributed by atoms with Crippen LogP contribution in [-0.2, 0) is 0 Å². The summed E-state index contributed by atoms with van der Waals surface area (Å²) < 4.78 is 0. The van der Waals surface area contributed by atoms with Gasteiger partial charge in [-0.05, 0) is 6.07 Å². The third-order valence-corrected chi connectivity index (χ3v) is 1.46. The van der Waals surface area contributed by atoms with Gasteiger partial charge in [0.1, 0.15) is 5.52 Å². The van der Waals surface area contributed by atoms with Crippen molar-refractivity contribution in [1.82, 2.24) is 9.94 Å². The van der Waals surface area contributed by atoms with E-state index in [4.69, 9.17) is 5.21 Å². The number of rotatable bonds is 0. The number of hydrogen-bond donors (Lipinski definition) is 1. The molecule has 0 unspecified atom stereocenters. The van der Waals surface area contributed by atoms with Gasteiger partial charge in [0.25, 0.3) is 0 Å². The van der Waals surface area contributed by atoms with E-state index in [1.165, 1.54) is 0 Å². The fourth-order valence-corrected chi connectivity index (χ4v) is 0.958. The zero-order chi connectivity index (χ0) is 6.97. The van der Waals surface area contributed by atoms with Gasteiger partial charge in [-0.25, -0.2) is 0 Å². The fourth-order valence-electron chi connectivity index (χ4n) is 0.958. The van der Waals surface area contributed by atoms with E-state index in [9.17, 15) is 0 Å². The van der Waals surface area contributed by atoms with Crippen LogP contribution in [-0.4, -0.2) is 20.6 Å². The Bertz CT molecular complexity index is 356. The first-order chi connectivity index (χ1) is 4.88. The second kappa shape index (κ2) is 2.59. The minimum Gasteiger partial charge on any atom is -0.412 e. The fraction of sp³-hybridized carbons (Fsp3) is 0. The zero-order valence-electron chi connectivity index (χ0n) is 5.73. The van der Waals surface area contributed by atoms with Crippen LogP contribution < -0.4 is 0 Å². The van der Waals surface area contributed by atoms with Crippen molar-refractivity contribution >= 4 is 10.9 Å². The van der Waals surface area contributed by atoms with Crippen molar-refractivity contribution in [3.8, 4) is 0 Å². The summed E-state index contributed by atoms with van der Waals surface area (Å²) in [6.45, 7) is 0. The van der Waals surface area contributed by atoms with Gasteiger partial charge >= 0.3 is 0 Å². The third kappa shape index (κ3) is 1.03. The summed E-state index contributed by atoms with van der Waals surface area (Å²) in [5, 5.41) is 13.6. The molecule has 0 saturated carbocycles.